The maximum Gasteiger partial charge on any atom is 0.409 e. The molecule has 3 aliphatic carbocycles. The molecule has 3 aromatic carbocycles. The van der Waals surface area contributed by atoms with Gasteiger partial charge in [0.1, 0.15) is 22.9 Å². The van der Waals surface area contributed by atoms with Gasteiger partial charge < -0.3 is 49.6 Å². The van der Waals surface area contributed by atoms with Crippen LogP contribution in [0.1, 0.15) is 217 Å². The molecule has 5 aliphatic rings. The lowest BCUT2D eigenvalue weighted by molar-refractivity contribution is -0.141. The topological polar surface area (TPSA) is 263 Å². The second-order valence-corrected chi connectivity index (χ2v) is 33.9. The van der Waals surface area contributed by atoms with Gasteiger partial charge in [-0.15, -0.1) is 11.8 Å². The summed E-state index contributed by atoms with van der Waals surface area (Å²) in [4.78, 5) is 131. The van der Waals surface area contributed by atoms with E-state index in [4.69, 9.17) is 50.5 Å². The number of pyridine rings is 4. The Balaban J connectivity index is 0.804. The number of esters is 1. The Labute approximate surface area is 725 Å². The lowest BCUT2D eigenvalue weighted by atomic mass is 9.68. The van der Waals surface area contributed by atoms with E-state index >= 15 is 14.4 Å². The number of ether oxygens (including phenoxy) is 4. The fraction of sp³-hybridized carbons (Fsp3) is 0.515. The van der Waals surface area contributed by atoms with Gasteiger partial charge in [-0.05, 0) is 196 Å². The van der Waals surface area contributed by atoms with Crippen molar-refractivity contribution in [2.75, 3.05) is 96.5 Å². The molecule has 25 heteroatoms. The van der Waals surface area contributed by atoms with Crippen LogP contribution in [0.3, 0.4) is 0 Å². The number of morpholine rings is 1. The molecule has 4 aromatic heterocycles. The number of benzene rings is 3. The molecule has 6 heterocycles. The van der Waals surface area contributed by atoms with Crippen LogP contribution < -0.4 is 20.7 Å². The molecule has 2 aliphatic heterocycles. The molecule has 24 nitrogen and oxygen atoms in total. The standard InChI is InChI=1S/C97H124ClN13O11/c1-4-6-11-34-89(112)104-87-32-23-28-81(102-87)70-107(68-79-26-15-19-49-99-79)65-74-62-75(66-108(69-80-27-16-20-50-100-80)71-82-29-24-33-88(103-82)105-90(113)35-12-7-5-2)64-83(63-74)121-59-22-21-52-110(94(117)96(45-17-10-18-46-96)77-41-43-78(98)44-42-77)67-73-37-39-76(40-38-73)92(115)111(53-25-36-91(114)119-3)97(93(116)101-51-56-106-57-60-120-61-58-106)47-54-109(55-48-97)95(118)122-72-86-84-30-13-8-9-14-31-85(84)86/h15-16,19-20,23-24,26-29,32-33,37-44,49-50,62-64,84-86H,4-7,10-14,17-18,21-22,25,30-31,34-36,45-48,51-61,65-72H2,1-3H3,(H,101,116)(H,102,104,112)(H,103,105,113). The number of amides is 6. The Kier molecular flexibility index (Phi) is 35.0. The molecule has 12 rings (SSSR count). The van der Waals surface area contributed by atoms with Gasteiger partial charge >= 0.3 is 12.1 Å². The summed E-state index contributed by atoms with van der Waals surface area (Å²) in [6, 6.07) is 44.8. The van der Waals surface area contributed by atoms with E-state index < -0.39 is 28.9 Å². The van der Waals surface area contributed by atoms with Crippen LogP contribution in [0.4, 0.5) is 16.4 Å². The monoisotopic (exact) mass is 1680 g/mol. The quantitative estimate of drug-likeness (QED) is 0.0182. The van der Waals surface area contributed by atoms with Gasteiger partial charge in [-0.3, -0.25) is 53.4 Å². The van der Waals surface area contributed by atoms with E-state index in [1.165, 1.54) is 7.11 Å². The highest BCUT2D eigenvalue weighted by molar-refractivity contribution is 6.30. The lowest BCUT2D eigenvalue weighted by Gasteiger charge is -2.47. The molecule has 2 saturated carbocycles. The number of rotatable bonds is 44. The van der Waals surface area contributed by atoms with E-state index in [1.54, 1.807) is 34.3 Å². The Morgan fingerprint density at radius 2 is 1.16 bits per heavy atom. The van der Waals surface area contributed by atoms with E-state index in [1.807, 2.05) is 114 Å². The lowest BCUT2D eigenvalue weighted by Crippen LogP contribution is -2.65. The van der Waals surface area contributed by atoms with Gasteiger partial charge in [0.25, 0.3) is 5.91 Å². The van der Waals surface area contributed by atoms with Crippen molar-refractivity contribution in [3.8, 4) is 17.6 Å². The molecule has 6 amide bonds. The van der Waals surface area contributed by atoms with Crippen molar-refractivity contribution >= 4 is 64.8 Å². The minimum atomic E-state index is -1.41. The minimum absolute atomic E-state index is 0.0147. The van der Waals surface area contributed by atoms with Gasteiger partial charge in [0.05, 0.1) is 61.7 Å². The molecule has 2 atom stereocenters. The van der Waals surface area contributed by atoms with Gasteiger partial charge in [-0.25, -0.2) is 14.8 Å². The largest absolute Gasteiger partial charge is 0.494 e. The molecule has 122 heavy (non-hydrogen) atoms. The van der Waals surface area contributed by atoms with Gasteiger partial charge in [-0.1, -0.05) is 125 Å². The van der Waals surface area contributed by atoms with Crippen LogP contribution in [0.5, 0.6) is 5.75 Å². The highest BCUT2D eigenvalue weighted by atomic mass is 35.5. The Hall–Kier alpha value is -10.2. The number of aromatic nitrogens is 4. The van der Waals surface area contributed by atoms with Crippen molar-refractivity contribution in [3.63, 3.8) is 0 Å². The normalized spacial score (nSPS) is 17.3. The van der Waals surface area contributed by atoms with Crippen LogP contribution >= 0.6 is 11.6 Å². The molecule has 2 saturated heterocycles. The first-order chi connectivity index (χ1) is 59.5. The summed E-state index contributed by atoms with van der Waals surface area (Å²) in [5.41, 5.74) is 5.12. The van der Waals surface area contributed by atoms with E-state index in [-0.39, 0.29) is 75.5 Å². The number of nitrogens with zero attached hydrogens (tertiary/aromatic N) is 10. The van der Waals surface area contributed by atoms with Crippen molar-refractivity contribution < 1.29 is 52.5 Å². The summed E-state index contributed by atoms with van der Waals surface area (Å²) in [6.07, 6.45) is 19.1. The second kappa shape index (κ2) is 46.9. The number of fused-ring (bicyclic) bond motifs is 1. The fourth-order valence-corrected chi connectivity index (χ4v) is 18.0. The Bertz CT molecular complexity index is 4440. The molecule has 3 N–H and O–H groups in total. The molecule has 7 aromatic rings. The van der Waals surface area contributed by atoms with Gasteiger partial charge in [-0.2, -0.15) is 0 Å². The van der Waals surface area contributed by atoms with E-state index in [2.05, 4.69) is 74.5 Å². The number of piperidine rings is 1. The number of methoxy groups -OCH3 is 1. The number of halogens is 1. The van der Waals surface area contributed by atoms with Gasteiger partial charge in [0.15, 0.2) is 0 Å². The average molecular weight is 1680 g/mol. The van der Waals surface area contributed by atoms with Crippen molar-refractivity contribution in [2.24, 2.45) is 17.8 Å². The maximum absolute atomic E-state index is 16.0. The Morgan fingerprint density at radius 1 is 0.582 bits per heavy atom. The van der Waals surface area contributed by atoms with Crippen molar-refractivity contribution in [2.45, 2.75) is 218 Å². The first-order valence-corrected chi connectivity index (χ1v) is 44.9. The molecule has 0 radical (unpaired) electrons. The van der Waals surface area contributed by atoms with Crippen LogP contribution in [0.15, 0.2) is 152 Å². The minimum Gasteiger partial charge on any atom is -0.494 e. The van der Waals surface area contributed by atoms with E-state index in [0.29, 0.717) is 170 Å². The third-order valence-electron chi connectivity index (χ3n) is 24.5. The third-order valence-corrected chi connectivity index (χ3v) is 24.8. The molecule has 4 fully saturated rings. The number of carbonyl (C=O) groups is 7. The number of carbonyl (C=O) groups excluding carboxylic acids is 7. The zero-order valence-electron chi connectivity index (χ0n) is 71.7. The van der Waals surface area contributed by atoms with Gasteiger partial charge in [0.2, 0.25) is 23.6 Å². The fourth-order valence-electron chi connectivity index (χ4n) is 17.9. The summed E-state index contributed by atoms with van der Waals surface area (Å²) >= 11 is 6.57. The zero-order chi connectivity index (χ0) is 85.3. The predicted octanol–water partition coefficient (Wildman–Crippen LogP) is 15.7. The molecule has 0 spiro atoms. The molecule has 650 valence electrons. The number of anilines is 2. The molecular weight excluding hydrogens is 1560 g/mol. The first-order valence-electron chi connectivity index (χ1n) is 44.6. The number of nitrogens with one attached hydrogen (secondary N) is 3. The van der Waals surface area contributed by atoms with Crippen molar-refractivity contribution in [1.82, 2.24) is 54.7 Å². The highest BCUT2D eigenvalue weighted by Crippen LogP contribution is 2.52. The zero-order valence-corrected chi connectivity index (χ0v) is 72.5. The van der Waals surface area contributed by atoms with Crippen molar-refractivity contribution in [1.29, 1.82) is 0 Å². The van der Waals surface area contributed by atoms with Crippen LogP contribution in [-0.2, 0) is 89.4 Å². The Morgan fingerprint density at radius 3 is 1.73 bits per heavy atom. The first kappa shape index (κ1) is 91.1. The van der Waals surface area contributed by atoms with Crippen LogP contribution in [0.25, 0.3) is 0 Å². The number of hydrogen-bond acceptors (Lipinski definition) is 18. The van der Waals surface area contributed by atoms with Crippen LogP contribution in [0.2, 0.25) is 5.02 Å². The van der Waals surface area contributed by atoms with Gasteiger partial charge in [0, 0.05) is 153 Å². The maximum atomic E-state index is 16.0. The van der Waals surface area contributed by atoms with Crippen LogP contribution in [-0.4, -0.2) is 182 Å². The molecule has 0 bridgehead atoms. The SMILES string of the molecule is CCCCCC(=O)Nc1cccc(CN(Cc2cc(CN(Cc3ccccn3)Cc3cccc(NC(=O)CCCCC)n3)cc(OCCCCN(Cc3ccc(C(=O)N(CCCC(=O)OC)C4(C(=O)NCCN5CCOCC5)CCN(C(=O)OCC5C6CCC#CCCC65)CC4)cc3)C(=O)C3(c4ccc(Cl)cc4)CCCCC3)c2)Cc2ccccn2)n1. The second-order valence-electron chi connectivity index (χ2n) is 33.4. The highest BCUT2D eigenvalue weighted by Gasteiger charge is 2.52. The smallest absolute Gasteiger partial charge is 0.409 e. The summed E-state index contributed by atoms with van der Waals surface area (Å²) in [5.74, 6) is 8.24. The van der Waals surface area contributed by atoms with Crippen molar-refractivity contribution in [3.05, 3.63) is 208 Å². The molecular formula is C97H124ClN13O11. The summed E-state index contributed by atoms with van der Waals surface area (Å²) in [7, 11) is 1.33. The average Bonchev–Trinajstić information content (AvgIpc) is 1.38. The number of likely N-dealkylation sites (tertiary alicyclic amines) is 1. The van der Waals surface area contributed by atoms with E-state index in [9.17, 15) is 19.2 Å². The summed E-state index contributed by atoms with van der Waals surface area (Å²) < 4.78 is 23.7. The molecule has 2 unspecified atom stereocenters. The van der Waals surface area contributed by atoms with Crippen LogP contribution in [0, 0.1) is 29.6 Å². The number of unbranched alkanes of at least 4 members (excludes halogenated alkanes) is 5. The summed E-state index contributed by atoms with van der Waals surface area (Å²) in [5, 5.41) is 9.87. The summed E-state index contributed by atoms with van der Waals surface area (Å²) in [6.45, 7) is 12.3. The predicted molar refractivity (Wildman–Crippen MR) is 472 cm³/mol. The number of hydrogen-bond donors (Lipinski definition) is 3. The third kappa shape index (κ3) is 26.9. The van der Waals surface area contributed by atoms with E-state index in [0.717, 1.165) is 142 Å².